The molecule has 1 spiro atoms. The number of ketones is 1. The highest BCUT2D eigenvalue weighted by Gasteiger charge is 2.47. The van der Waals surface area contributed by atoms with Crippen LogP contribution >= 0.6 is 23.2 Å². The van der Waals surface area contributed by atoms with Crippen LogP contribution in [0.3, 0.4) is 0 Å². The fourth-order valence-corrected chi connectivity index (χ4v) is 3.92. The molecule has 2 aliphatic heterocycles. The van der Waals surface area contributed by atoms with Gasteiger partial charge in [-0.1, -0.05) is 41.4 Å². The first-order valence-electron chi connectivity index (χ1n) is 8.09. The second kappa shape index (κ2) is 6.13. The molecule has 2 aliphatic rings. The van der Waals surface area contributed by atoms with E-state index in [9.17, 15) is 9.59 Å². The first-order chi connectivity index (χ1) is 12.0. The lowest BCUT2D eigenvalue weighted by Gasteiger charge is -2.33. The maximum atomic E-state index is 13.0. The molecule has 2 aromatic rings. The van der Waals surface area contributed by atoms with E-state index in [1.54, 1.807) is 24.3 Å². The van der Waals surface area contributed by atoms with Gasteiger partial charge in [-0.2, -0.15) is 0 Å². The van der Waals surface area contributed by atoms with Gasteiger partial charge in [0.2, 0.25) is 0 Å². The van der Waals surface area contributed by atoms with Gasteiger partial charge in [0, 0.05) is 29.5 Å². The number of piperidine rings is 1. The molecular weight excluding hydrogens is 361 g/mol. The molecule has 0 radical (unpaired) electrons. The Morgan fingerprint density at radius 1 is 1.08 bits per heavy atom. The van der Waals surface area contributed by atoms with Crippen LogP contribution in [0.15, 0.2) is 36.4 Å². The van der Waals surface area contributed by atoms with Crippen molar-refractivity contribution < 1.29 is 14.3 Å². The van der Waals surface area contributed by atoms with Crippen LogP contribution in [0.2, 0.25) is 10.0 Å². The largest absolute Gasteiger partial charge is 0.450 e. The molecule has 1 N–H and O–H groups in total. The van der Waals surface area contributed by atoms with E-state index < -0.39 is 11.6 Å². The summed E-state index contributed by atoms with van der Waals surface area (Å²) in [5.74, 6) is -0.695. The van der Waals surface area contributed by atoms with Gasteiger partial charge in [-0.3, -0.25) is 4.79 Å². The Hall–Kier alpha value is -1.88. The zero-order valence-corrected chi connectivity index (χ0v) is 14.8. The van der Waals surface area contributed by atoms with Gasteiger partial charge in [-0.05, 0) is 31.3 Å². The van der Waals surface area contributed by atoms with Crippen molar-refractivity contribution in [3.05, 3.63) is 68.7 Å². The zero-order valence-electron chi connectivity index (χ0n) is 13.3. The molecule has 2 heterocycles. The molecule has 1 fully saturated rings. The Balaban J connectivity index is 1.81. The predicted molar refractivity (Wildman–Crippen MR) is 95.5 cm³/mol. The van der Waals surface area contributed by atoms with Crippen molar-refractivity contribution in [1.29, 1.82) is 0 Å². The van der Waals surface area contributed by atoms with Gasteiger partial charge in [0.25, 0.3) is 0 Å². The summed E-state index contributed by atoms with van der Waals surface area (Å²) in [5.41, 5.74) is 1.30. The third-order valence-electron chi connectivity index (χ3n) is 4.89. The third-order valence-corrected chi connectivity index (χ3v) is 5.62. The van der Waals surface area contributed by atoms with Crippen LogP contribution in [0.5, 0.6) is 0 Å². The van der Waals surface area contributed by atoms with Crippen molar-refractivity contribution in [3.63, 3.8) is 0 Å². The molecule has 0 bridgehead atoms. The molecule has 0 atom stereocenters. The number of halogens is 2. The van der Waals surface area contributed by atoms with E-state index in [1.165, 1.54) is 6.07 Å². The number of ether oxygens (including phenoxy) is 1. The summed E-state index contributed by atoms with van der Waals surface area (Å²) in [6.07, 6.45) is 1.41. The lowest BCUT2D eigenvalue weighted by molar-refractivity contribution is -0.0242. The second-order valence-corrected chi connectivity index (χ2v) is 7.13. The van der Waals surface area contributed by atoms with E-state index in [4.69, 9.17) is 27.9 Å². The number of carbonyl (C=O) groups is 2. The number of fused-ring (bicyclic) bond motifs is 2. The van der Waals surface area contributed by atoms with Gasteiger partial charge in [-0.15, -0.1) is 0 Å². The van der Waals surface area contributed by atoms with Gasteiger partial charge < -0.3 is 10.1 Å². The number of hydrogen-bond acceptors (Lipinski definition) is 4. The molecule has 4 nitrogen and oxygen atoms in total. The molecule has 2 aromatic carbocycles. The van der Waals surface area contributed by atoms with Crippen molar-refractivity contribution in [1.82, 2.24) is 5.32 Å². The summed E-state index contributed by atoms with van der Waals surface area (Å²) < 4.78 is 5.75. The smallest absolute Gasteiger partial charge is 0.340 e. The van der Waals surface area contributed by atoms with Crippen LogP contribution in [-0.2, 0) is 10.3 Å². The fraction of sp³-hybridized carbons (Fsp3) is 0.263. The van der Waals surface area contributed by atoms with Crippen LogP contribution in [0.25, 0.3) is 0 Å². The minimum atomic E-state index is -0.619. The number of rotatable bonds is 2. The molecule has 0 aromatic heterocycles. The van der Waals surface area contributed by atoms with Crippen molar-refractivity contribution in [3.8, 4) is 0 Å². The average Bonchev–Trinajstić information content (AvgIpc) is 2.89. The summed E-state index contributed by atoms with van der Waals surface area (Å²) in [7, 11) is 0. The number of nitrogens with one attached hydrogen (secondary N) is 1. The van der Waals surface area contributed by atoms with E-state index in [0.29, 0.717) is 39.6 Å². The molecule has 1 saturated heterocycles. The number of hydrogen-bond donors (Lipinski definition) is 1. The van der Waals surface area contributed by atoms with E-state index >= 15 is 0 Å². The molecule has 0 saturated carbocycles. The lowest BCUT2D eigenvalue weighted by atomic mass is 9.82. The van der Waals surface area contributed by atoms with Gasteiger partial charge in [0.15, 0.2) is 5.78 Å². The lowest BCUT2D eigenvalue weighted by Crippen LogP contribution is -2.39. The fourth-order valence-electron chi connectivity index (χ4n) is 3.62. The van der Waals surface area contributed by atoms with Crippen molar-refractivity contribution in [2.75, 3.05) is 13.1 Å². The van der Waals surface area contributed by atoms with Crippen molar-refractivity contribution in [2.24, 2.45) is 0 Å². The van der Waals surface area contributed by atoms with Crippen LogP contribution in [0.4, 0.5) is 0 Å². The van der Waals surface area contributed by atoms with Gasteiger partial charge in [0.1, 0.15) is 5.60 Å². The Bertz CT molecular complexity index is 888. The summed E-state index contributed by atoms with van der Waals surface area (Å²) in [6.45, 7) is 1.55. The maximum absolute atomic E-state index is 13.0. The second-order valence-electron chi connectivity index (χ2n) is 6.32. The molecule has 4 rings (SSSR count). The first-order valence-corrected chi connectivity index (χ1v) is 8.85. The van der Waals surface area contributed by atoms with E-state index in [0.717, 1.165) is 18.7 Å². The molecule has 25 heavy (non-hydrogen) atoms. The highest BCUT2D eigenvalue weighted by molar-refractivity contribution is 6.42. The van der Waals surface area contributed by atoms with E-state index in [2.05, 4.69) is 5.32 Å². The summed E-state index contributed by atoms with van der Waals surface area (Å²) in [6, 6.07) is 10.0. The molecule has 6 heteroatoms. The summed E-state index contributed by atoms with van der Waals surface area (Å²) >= 11 is 11.9. The zero-order chi connectivity index (χ0) is 17.6. The van der Waals surface area contributed by atoms with Crippen LogP contribution < -0.4 is 5.32 Å². The Kier molecular flexibility index (Phi) is 4.07. The topological polar surface area (TPSA) is 55.4 Å². The highest BCUT2D eigenvalue weighted by Crippen LogP contribution is 2.44. The monoisotopic (exact) mass is 375 g/mol. The number of carbonyl (C=O) groups excluding carboxylic acids is 2. The molecule has 0 aliphatic carbocycles. The summed E-state index contributed by atoms with van der Waals surface area (Å²) in [5, 5.41) is 3.95. The minimum absolute atomic E-state index is 0.265. The highest BCUT2D eigenvalue weighted by atomic mass is 35.5. The quantitative estimate of drug-likeness (QED) is 0.637. The molecular formula is C19H15Cl2NO3. The predicted octanol–water partition coefficient (Wildman–Crippen LogP) is 3.97. The van der Waals surface area contributed by atoms with Gasteiger partial charge in [0.05, 0.1) is 15.6 Å². The SMILES string of the molecule is O=C(c1ccc(Cl)c(Cl)c1)c1cccc2c1C(=O)OC21CCNCC1. The Morgan fingerprint density at radius 2 is 1.84 bits per heavy atom. The molecule has 0 amide bonds. The normalized spacial score (nSPS) is 18.1. The van der Waals surface area contributed by atoms with Crippen molar-refractivity contribution in [2.45, 2.75) is 18.4 Å². The van der Waals surface area contributed by atoms with Crippen LogP contribution in [-0.4, -0.2) is 24.8 Å². The first kappa shape index (κ1) is 16.6. The van der Waals surface area contributed by atoms with Crippen LogP contribution in [0, 0.1) is 0 Å². The maximum Gasteiger partial charge on any atom is 0.340 e. The number of esters is 1. The molecule has 0 unspecified atom stereocenters. The van der Waals surface area contributed by atoms with E-state index in [-0.39, 0.29) is 5.78 Å². The third kappa shape index (κ3) is 2.65. The van der Waals surface area contributed by atoms with Gasteiger partial charge >= 0.3 is 5.97 Å². The standard InChI is InChI=1S/C19H15Cl2NO3/c20-14-5-4-11(10-15(14)21)17(23)12-2-1-3-13-16(12)18(24)25-19(13)6-8-22-9-7-19/h1-5,10,22H,6-9H2. The Labute approximate surface area is 155 Å². The molecule has 128 valence electrons. The van der Waals surface area contributed by atoms with Crippen molar-refractivity contribution >= 4 is 35.0 Å². The summed E-state index contributed by atoms with van der Waals surface area (Å²) in [4.78, 5) is 25.5. The average molecular weight is 376 g/mol. The van der Waals surface area contributed by atoms with Crippen LogP contribution in [0.1, 0.15) is 44.7 Å². The number of benzene rings is 2. The van der Waals surface area contributed by atoms with E-state index in [1.807, 2.05) is 6.07 Å². The Morgan fingerprint density at radius 3 is 2.56 bits per heavy atom. The van der Waals surface area contributed by atoms with Gasteiger partial charge in [-0.25, -0.2) is 4.79 Å². The minimum Gasteiger partial charge on any atom is -0.450 e.